The van der Waals surface area contributed by atoms with Gasteiger partial charge in [0.15, 0.2) is 23.1 Å². The highest BCUT2D eigenvalue weighted by Gasteiger charge is 2.50. The molecule has 272 valence electrons. The van der Waals surface area contributed by atoms with Crippen molar-refractivity contribution in [2.75, 3.05) is 0 Å². The molecule has 56 heavy (non-hydrogen) atoms. The molecule has 0 unspecified atom stereocenters. The molecule has 0 aliphatic heterocycles. The number of rotatable bonds is 2. The van der Waals surface area contributed by atoms with Crippen LogP contribution in [0.4, 0.5) is 0 Å². The van der Waals surface area contributed by atoms with Crippen molar-refractivity contribution in [2.45, 2.75) is 75.0 Å². The van der Waals surface area contributed by atoms with E-state index in [2.05, 4.69) is 12.2 Å². The number of hydrogen-bond donors (Lipinski definition) is 0. The van der Waals surface area contributed by atoms with Gasteiger partial charge < -0.3 is 0 Å². The van der Waals surface area contributed by atoms with E-state index in [1.165, 1.54) is 43.1 Å². The fourth-order valence-electron chi connectivity index (χ4n) is 11.3. The fourth-order valence-corrected chi connectivity index (χ4v) is 14.5. The Hall–Kier alpha value is -5.30. The SMILES string of the molecule is O=C1C(=CC2=Cc3sc4c5c(sc4c3C23CCCCC3)C=C(C=C2C(=O)c3cc4ccccc4cc3C2=O)C52CCCCC2)C(=O)c2cc3ccccc3cc21. The van der Waals surface area contributed by atoms with Crippen LogP contribution in [0.15, 0.2) is 107 Å². The van der Waals surface area contributed by atoms with Gasteiger partial charge in [-0.3, -0.25) is 19.2 Å². The molecule has 0 radical (unpaired) electrons. The summed E-state index contributed by atoms with van der Waals surface area (Å²) >= 11 is 3.74. The van der Waals surface area contributed by atoms with Gasteiger partial charge in [-0.2, -0.15) is 0 Å². The molecule has 0 amide bonds. The lowest BCUT2D eigenvalue weighted by Crippen LogP contribution is -2.29. The van der Waals surface area contributed by atoms with Crippen LogP contribution in [0.1, 0.15) is 127 Å². The second-order valence-corrected chi connectivity index (χ2v) is 18.9. The summed E-state index contributed by atoms with van der Waals surface area (Å²) in [5.41, 5.74) is 7.18. The van der Waals surface area contributed by atoms with E-state index in [4.69, 9.17) is 0 Å². The molecule has 6 heteroatoms. The topological polar surface area (TPSA) is 68.3 Å². The molecule has 4 aromatic carbocycles. The Kier molecular flexibility index (Phi) is 6.83. The Bertz CT molecular complexity index is 2680. The second-order valence-electron chi connectivity index (χ2n) is 16.7. The van der Waals surface area contributed by atoms with Crippen LogP contribution in [0.5, 0.6) is 0 Å². The Labute approximate surface area is 331 Å². The van der Waals surface area contributed by atoms with Gasteiger partial charge in [0.25, 0.3) is 0 Å². The predicted octanol–water partition coefficient (Wildman–Crippen LogP) is 12.5. The maximum Gasteiger partial charge on any atom is 0.197 e. The van der Waals surface area contributed by atoms with Crippen molar-refractivity contribution < 1.29 is 19.2 Å². The first-order chi connectivity index (χ1) is 27.3. The average Bonchev–Trinajstić information content (AvgIpc) is 4.00. The summed E-state index contributed by atoms with van der Waals surface area (Å²) in [5, 5.41) is 3.88. The van der Waals surface area contributed by atoms with Gasteiger partial charge in [0, 0.05) is 42.8 Å². The summed E-state index contributed by atoms with van der Waals surface area (Å²) in [4.78, 5) is 58.3. The Morgan fingerprint density at radius 1 is 0.446 bits per heavy atom. The summed E-state index contributed by atoms with van der Waals surface area (Å²) < 4.78 is 2.69. The lowest BCUT2D eigenvalue weighted by atomic mass is 9.66. The van der Waals surface area contributed by atoms with Gasteiger partial charge in [0.1, 0.15) is 0 Å². The molecule has 2 saturated carbocycles. The van der Waals surface area contributed by atoms with Gasteiger partial charge >= 0.3 is 0 Å². The highest BCUT2D eigenvalue weighted by Crippen LogP contribution is 2.63. The maximum atomic E-state index is 13.9. The van der Waals surface area contributed by atoms with Gasteiger partial charge in [-0.25, -0.2) is 0 Å². The monoisotopic (exact) mass is 764 g/mol. The molecule has 0 atom stereocenters. The van der Waals surface area contributed by atoms with E-state index in [0.29, 0.717) is 33.4 Å². The van der Waals surface area contributed by atoms with Crippen LogP contribution in [-0.2, 0) is 10.8 Å². The molecule has 2 aromatic heterocycles. The van der Waals surface area contributed by atoms with Crippen molar-refractivity contribution in [2.24, 2.45) is 0 Å². The maximum absolute atomic E-state index is 13.9. The second kappa shape index (κ2) is 11.6. The minimum Gasteiger partial charge on any atom is -0.288 e. The fraction of sp³-hybridized carbons (Fsp3) is 0.240. The van der Waals surface area contributed by atoms with Crippen molar-refractivity contribution >= 4 is 88.9 Å². The Balaban J connectivity index is 0.969. The molecule has 2 heterocycles. The van der Waals surface area contributed by atoms with Gasteiger partial charge in [-0.05, 0) is 118 Å². The first-order valence-corrected chi connectivity index (χ1v) is 21.7. The van der Waals surface area contributed by atoms with Crippen molar-refractivity contribution in [1.82, 2.24) is 0 Å². The third kappa shape index (κ3) is 4.29. The third-order valence-corrected chi connectivity index (χ3v) is 16.4. The van der Waals surface area contributed by atoms with E-state index in [9.17, 15) is 19.2 Å². The molecule has 6 aliphatic rings. The van der Waals surface area contributed by atoms with E-state index >= 15 is 0 Å². The number of fused-ring (bicyclic) bond motifs is 11. The number of hydrogen-bond acceptors (Lipinski definition) is 6. The quantitative estimate of drug-likeness (QED) is 0.130. The van der Waals surface area contributed by atoms with Crippen LogP contribution >= 0.6 is 22.7 Å². The summed E-state index contributed by atoms with van der Waals surface area (Å²) in [6.45, 7) is 0. The number of allylic oxidation sites excluding steroid dienone is 6. The highest BCUT2D eigenvalue weighted by atomic mass is 32.1. The third-order valence-electron chi connectivity index (χ3n) is 14.0. The molecule has 12 rings (SSSR count). The molecule has 0 bridgehead atoms. The van der Waals surface area contributed by atoms with Crippen molar-refractivity contribution in [3.8, 4) is 0 Å². The van der Waals surface area contributed by atoms with Crippen LogP contribution in [0.25, 0.3) is 43.1 Å². The van der Waals surface area contributed by atoms with Crippen molar-refractivity contribution in [3.05, 3.63) is 150 Å². The number of carbonyl (C=O) groups is 4. The van der Waals surface area contributed by atoms with E-state index in [1.807, 2.05) is 108 Å². The minimum atomic E-state index is -0.232. The Morgan fingerprint density at radius 2 is 0.768 bits per heavy atom. The smallest absolute Gasteiger partial charge is 0.197 e. The van der Waals surface area contributed by atoms with Crippen LogP contribution in [0.2, 0.25) is 0 Å². The lowest BCUT2D eigenvalue weighted by molar-refractivity contribution is 0.0973. The average molecular weight is 765 g/mol. The minimum absolute atomic E-state index is 0.167. The lowest BCUT2D eigenvalue weighted by Gasteiger charge is -2.37. The van der Waals surface area contributed by atoms with E-state index < -0.39 is 0 Å². The number of ketones is 4. The zero-order valence-corrected chi connectivity index (χ0v) is 32.4. The summed E-state index contributed by atoms with van der Waals surface area (Å²) in [6.07, 6.45) is 19.3. The first kappa shape index (κ1) is 32.9. The highest BCUT2D eigenvalue weighted by molar-refractivity contribution is 7.29. The summed E-state index contributed by atoms with van der Waals surface area (Å²) in [6, 6.07) is 23.4. The molecule has 0 N–H and O–H groups in total. The molecule has 4 nitrogen and oxygen atoms in total. The molecule has 6 aliphatic carbocycles. The number of benzene rings is 4. The molecule has 0 saturated heterocycles. The summed E-state index contributed by atoms with van der Waals surface area (Å²) in [7, 11) is 0. The molecule has 2 spiro atoms. The Morgan fingerprint density at radius 3 is 1.09 bits per heavy atom. The van der Waals surface area contributed by atoms with Crippen LogP contribution in [0, 0.1) is 0 Å². The molecule has 2 fully saturated rings. The van der Waals surface area contributed by atoms with Crippen molar-refractivity contribution in [3.63, 3.8) is 0 Å². The number of Topliss-reactive ketones (excluding diaryl/α,β-unsaturated/α-hetero) is 4. The summed E-state index contributed by atoms with van der Waals surface area (Å²) in [5.74, 6) is -0.668. The van der Waals surface area contributed by atoms with Gasteiger partial charge in [0.2, 0.25) is 0 Å². The standard InChI is InChI=1S/C50H36O4S2/c51-43-33-19-27-11-3-4-12-28(27)20-34(33)44(52)37(43)23-31-25-39-41(49(31)15-7-1-8-16-49)47-48(55-39)42-40(56-47)26-32(50(42)17-9-2-10-18-50)24-38-45(53)35-21-29-13-5-6-14-30(29)22-36(35)46(38)54/h3-6,11-14,19-26H,1-2,7-10,15-18H2. The van der Waals surface area contributed by atoms with E-state index in [0.717, 1.165) is 84.1 Å². The largest absolute Gasteiger partial charge is 0.288 e. The number of thiophene rings is 2. The van der Waals surface area contributed by atoms with Gasteiger partial charge in [0.05, 0.1) is 20.5 Å². The number of carbonyl (C=O) groups excluding carboxylic acids is 4. The van der Waals surface area contributed by atoms with E-state index in [-0.39, 0.29) is 34.0 Å². The van der Waals surface area contributed by atoms with Gasteiger partial charge in [-0.1, -0.05) is 87.1 Å². The van der Waals surface area contributed by atoms with E-state index in [1.54, 1.807) is 0 Å². The van der Waals surface area contributed by atoms with Crippen LogP contribution in [0.3, 0.4) is 0 Å². The zero-order chi connectivity index (χ0) is 37.5. The molecule has 6 aromatic rings. The molecular weight excluding hydrogens is 729 g/mol. The van der Waals surface area contributed by atoms with Crippen LogP contribution < -0.4 is 0 Å². The molecular formula is C50H36O4S2. The zero-order valence-electron chi connectivity index (χ0n) is 30.8. The van der Waals surface area contributed by atoms with Crippen LogP contribution in [-0.4, -0.2) is 23.1 Å². The predicted molar refractivity (Wildman–Crippen MR) is 227 cm³/mol. The normalized spacial score (nSPS) is 20.4. The first-order valence-electron chi connectivity index (χ1n) is 20.1. The van der Waals surface area contributed by atoms with Crippen molar-refractivity contribution in [1.29, 1.82) is 0 Å². The van der Waals surface area contributed by atoms with Gasteiger partial charge in [-0.15, -0.1) is 22.7 Å².